The van der Waals surface area contributed by atoms with Crippen LogP contribution in [0.2, 0.25) is 0 Å². The third-order valence-corrected chi connectivity index (χ3v) is 4.23. The third kappa shape index (κ3) is 4.17. The first-order valence-corrected chi connectivity index (χ1v) is 7.54. The molecule has 1 aliphatic carbocycles. The number of hydrogen-bond acceptors (Lipinski definition) is 4. The van der Waals surface area contributed by atoms with Crippen molar-refractivity contribution >= 4 is 5.69 Å². The number of non-ortho nitro benzene ring substituents is 1. The second kappa shape index (κ2) is 6.89. The second-order valence-electron chi connectivity index (χ2n) is 6.25. The Morgan fingerprint density at radius 2 is 1.95 bits per heavy atom. The van der Waals surface area contributed by atoms with Crippen molar-refractivity contribution in [3.63, 3.8) is 0 Å². The van der Waals surface area contributed by atoms with Crippen molar-refractivity contribution in [3.05, 3.63) is 33.9 Å². The summed E-state index contributed by atoms with van der Waals surface area (Å²) in [5.74, 6) is 2.17. The van der Waals surface area contributed by atoms with E-state index in [2.05, 4.69) is 19.2 Å². The summed E-state index contributed by atoms with van der Waals surface area (Å²) < 4.78 is 5.30. The normalized spacial score (nSPS) is 25.6. The molecule has 0 spiro atoms. The minimum atomic E-state index is -0.367. The zero-order chi connectivity index (χ0) is 15.4. The van der Waals surface area contributed by atoms with E-state index in [9.17, 15) is 10.1 Å². The lowest BCUT2D eigenvalue weighted by molar-refractivity contribution is -0.384. The molecule has 1 fully saturated rings. The van der Waals surface area contributed by atoms with Crippen molar-refractivity contribution < 1.29 is 9.66 Å². The fourth-order valence-electron chi connectivity index (χ4n) is 3.38. The van der Waals surface area contributed by atoms with Crippen LogP contribution in [0.1, 0.15) is 38.7 Å². The van der Waals surface area contributed by atoms with Crippen molar-refractivity contribution in [1.29, 1.82) is 0 Å². The number of nitro benzene ring substituents is 1. The molecule has 1 N–H and O–H groups in total. The minimum Gasteiger partial charge on any atom is -0.496 e. The molecule has 116 valence electrons. The summed E-state index contributed by atoms with van der Waals surface area (Å²) in [7, 11) is 1.59. The maximum atomic E-state index is 10.9. The van der Waals surface area contributed by atoms with Gasteiger partial charge in [-0.25, -0.2) is 0 Å². The lowest BCUT2D eigenvalue weighted by Gasteiger charge is -2.32. The van der Waals surface area contributed by atoms with Gasteiger partial charge in [0.1, 0.15) is 5.75 Å². The summed E-state index contributed by atoms with van der Waals surface area (Å²) in [4.78, 5) is 10.5. The van der Waals surface area contributed by atoms with Crippen LogP contribution in [0.4, 0.5) is 5.69 Å². The number of nitrogens with zero attached hydrogens (tertiary/aromatic N) is 1. The molecule has 0 saturated heterocycles. The number of methoxy groups -OCH3 is 1. The van der Waals surface area contributed by atoms with Gasteiger partial charge in [-0.3, -0.25) is 10.1 Å². The molecule has 0 aliphatic heterocycles. The van der Waals surface area contributed by atoms with Crippen LogP contribution in [0.5, 0.6) is 5.75 Å². The molecule has 0 aromatic heterocycles. The number of nitro groups is 1. The van der Waals surface area contributed by atoms with Gasteiger partial charge in [0, 0.05) is 30.3 Å². The Bertz CT molecular complexity index is 494. The molecule has 0 amide bonds. The molecule has 0 bridgehead atoms. The quantitative estimate of drug-likeness (QED) is 0.666. The average molecular weight is 292 g/mol. The first-order valence-electron chi connectivity index (χ1n) is 7.54. The average Bonchev–Trinajstić information content (AvgIpc) is 2.43. The highest BCUT2D eigenvalue weighted by Crippen LogP contribution is 2.29. The second-order valence-corrected chi connectivity index (χ2v) is 6.25. The van der Waals surface area contributed by atoms with E-state index in [1.807, 2.05) is 0 Å². The van der Waals surface area contributed by atoms with E-state index in [1.165, 1.54) is 25.3 Å². The molecule has 1 saturated carbocycles. The molecular weight excluding hydrogens is 268 g/mol. The van der Waals surface area contributed by atoms with E-state index in [4.69, 9.17) is 4.74 Å². The van der Waals surface area contributed by atoms with Crippen LogP contribution in [0, 0.1) is 22.0 Å². The molecule has 1 aromatic rings. The van der Waals surface area contributed by atoms with Crippen LogP contribution in [-0.2, 0) is 6.54 Å². The van der Waals surface area contributed by atoms with Crippen LogP contribution < -0.4 is 10.1 Å². The molecule has 2 unspecified atom stereocenters. The molecule has 1 aromatic carbocycles. The molecule has 2 rings (SSSR count). The third-order valence-electron chi connectivity index (χ3n) is 4.23. The van der Waals surface area contributed by atoms with Crippen LogP contribution in [0.25, 0.3) is 0 Å². The Kier molecular flexibility index (Phi) is 5.17. The molecule has 0 radical (unpaired) electrons. The highest BCUT2D eigenvalue weighted by atomic mass is 16.6. The van der Waals surface area contributed by atoms with Crippen molar-refractivity contribution in [1.82, 2.24) is 5.32 Å². The standard InChI is InChI=1S/C16H24N2O3/c1-11-6-12(2)8-14(7-11)17-10-13-9-15(18(19)20)4-5-16(13)21-3/h4-5,9,11-12,14,17H,6-8,10H2,1-3H3. The van der Waals surface area contributed by atoms with E-state index >= 15 is 0 Å². The summed E-state index contributed by atoms with van der Waals surface area (Å²) in [5.41, 5.74) is 0.954. The van der Waals surface area contributed by atoms with Gasteiger partial charge in [0.2, 0.25) is 0 Å². The van der Waals surface area contributed by atoms with Crippen molar-refractivity contribution in [3.8, 4) is 5.75 Å². The lowest BCUT2D eigenvalue weighted by atomic mass is 9.80. The van der Waals surface area contributed by atoms with Crippen LogP contribution in [0.15, 0.2) is 18.2 Å². The van der Waals surface area contributed by atoms with E-state index in [1.54, 1.807) is 19.2 Å². The highest BCUT2D eigenvalue weighted by Gasteiger charge is 2.23. The van der Waals surface area contributed by atoms with Crippen molar-refractivity contribution in [2.75, 3.05) is 7.11 Å². The molecular formula is C16H24N2O3. The van der Waals surface area contributed by atoms with Gasteiger partial charge in [-0.05, 0) is 37.2 Å². The smallest absolute Gasteiger partial charge is 0.270 e. The largest absolute Gasteiger partial charge is 0.496 e. The summed E-state index contributed by atoms with van der Waals surface area (Å²) in [6, 6.07) is 5.23. The van der Waals surface area contributed by atoms with E-state index in [0.717, 1.165) is 17.4 Å². The van der Waals surface area contributed by atoms with E-state index in [-0.39, 0.29) is 10.6 Å². The Labute approximate surface area is 125 Å². The number of rotatable bonds is 5. The molecule has 1 aliphatic rings. The first kappa shape index (κ1) is 15.8. The van der Waals surface area contributed by atoms with Gasteiger partial charge in [0.05, 0.1) is 12.0 Å². The monoisotopic (exact) mass is 292 g/mol. The molecule has 5 heteroatoms. The zero-order valence-corrected chi connectivity index (χ0v) is 13.0. The first-order chi connectivity index (χ1) is 9.99. The van der Waals surface area contributed by atoms with Crippen LogP contribution >= 0.6 is 0 Å². The number of benzene rings is 1. The predicted octanol–water partition coefficient (Wildman–Crippen LogP) is 3.52. The Morgan fingerprint density at radius 3 is 2.52 bits per heavy atom. The zero-order valence-electron chi connectivity index (χ0n) is 13.0. The van der Waals surface area contributed by atoms with Gasteiger partial charge in [-0.1, -0.05) is 13.8 Å². The topological polar surface area (TPSA) is 64.4 Å². The molecule has 2 atom stereocenters. The van der Waals surface area contributed by atoms with Crippen molar-refractivity contribution in [2.45, 2.75) is 45.7 Å². The summed E-state index contributed by atoms with van der Waals surface area (Å²) in [5, 5.41) is 14.4. The van der Waals surface area contributed by atoms with Gasteiger partial charge in [0.25, 0.3) is 5.69 Å². The summed E-state index contributed by atoms with van der Waals surface area (Å²) >= 11 is 0. The molecule has 5 nitrogen and oxygen atoms in total. The Hall–Kier alpha value is -1.62. The fraction of sp³-hybridized carbons (Fsp3) is 0.625. The van der Waals surface area contributed by atoms with Gasteiger partial charge >= 0.3 is 0 Å². The van der Waals surface area contributed by atoms with E-state index < -0.39 is 0 Å². The molecule has 0 heterocycles. The van der Waals surface area contributed by atoms with E-state index in [0.29, 0.717) is 18.3 Å². The van der Waals surface area contributed by atoms with Gasteiger partial charge < -0.3 is 10.1 Å². The van der Waals surface area contributed by atoms with Crippen molar-refractivity contribution in [2.24, 2.45) is 11.8 Å². The fourth-order valence-corrected chi connectivity index (χ4v) is 3.38. The van der Waals surface area contributed by atoms with Crippen LogP contribution in [0.3, 0.4) is 0 Å². The maximum absolute atomic E-state index is 10.9. The summed E-state index contributed by atoms with van der Waals surface area (Å²) in [6.45, 7) is 5.19. The Balaban J connectivity index is 2.04. The van der Waals surface area contributed by atoms with Gasteiger partial charge in [-0.2, -0.15) is 0 Å². The highest BCUT2D eigenvalue weighted by molar-refractivity contribution is 5.43. The van der Waals surface area contributed by atoms with Gasteiger partial charge in [0.15, 0.2) is 0 Å². The SMILES string of the molecule is COc1ccc([N+](=O)[O-])cc1CNC1CC(C)CC(C)C1. The predicted molar refractivity (Wildman–Crippen MR) is 82.5 cm³/mol. The van der Waals surface area contributed by atoms with Gasteiger partial charge in [-0.15, -0.1) is 0 Å². The summed E-state index contributed by atoms with van der Waals surface area (Å²) in [6.07, 6.45) is 3.63. The number of nitrogens with one attached hydrogen (secondary N) is 1. The Morgan fingerprint density at radius 1 is 1.29 bits per heavy atom. The van der Waals surface area contributed by atoms with Crippen LogP contribution in [-0.4, -0.2) is 18.1 Å². The molecule has 21 heavy (non-hydrogen) atoms. The maximum Gasteiger partial charge on any atom is 0.270 e. The minimum absolute atomic E-state index is 0.109. The number of hydrogen-bond donors (Lipinski definition) is 1. The lowest BCUT2D eigenvalue weighted by Crippen LogP contribution is -2.36. The number of ether oxygens (including phenoxy) is 1.